The van der Waals surface area contributed by atoms with Gasteiger partial charge < -0.3 is 15.4 Å². The summed E-state index contributed by atoms with van der Waals surface area (Å²) in [5.74, 6) is 1.25. The van der Waals surface area contributed by atoms with Crippen molar-refractivity contribution < 1.29 is 9.53 Å². The maximum absolute atomic E-state index is 12.5. The summed E-state index contributed by atoms with van der Waals surface area (Å²) in [6, 6.07) is 7.98. The van der Waals surface area contributed by atoms with Crippen LogP contribution in [-0.4, -0.2) is 36.5 Å². The molecule has 1 aromatic rings. The van der Waals surface area contributed by atoms with Crippen LogP contribution in [-0.2, 0) is 4.79 Å². The lowest BCUT2D eigenvalue weighted by Gasteiger charge is -2.25. The van der Waals surface area contributed by atoms with Crippen LogP contribution in [0.1, 0.15) is 45.6 Å². The maximum atomic E-state index is 12.5. The van der Waals surface area contributed by atoms with Gasteiger partial charge in [0.1, 0.15) is 5.75 Å². The topological polar surface area (TPSA) is 55.6 Å². The van der Waals surface area contributed by atoms with Gasteiger partial charge in [0.05, 0.1) is 0 Å². The van der Waals surface area contributed by atoms with Gasteiger partial charge in [0.25, 0.3) is 5.91 Å². The van der Waals surface area contributed by atoms with Crippen LogP contribution >= 0.6 is 12.4 Å². The van der Waals surface area contributed by atoms with Crippen molar-refractivity contribution in [3.05, 3.63) is 29.8 Å². The molecule has 2 N–H and O–H groups in total. The molecular formula is C18H29ClN2O2. The molecule has 1 saturated heterocycles. The highest BCUT2D eigenvalue weighted by Crippen LogP contribution is 2.29. The summed E-state index contributed by atoms with van der Waals surface area (Å²) >= 11 is 0. The number of carbonyl (C=O) groups excluding carboxylic acids is 1. The molecule has 1 fully saturated rings. The van der Waals surface area contributed by atoms with Gasteiger partial charge in [-0.15, -0.1) is 12.4 Å². The van der Waals surface area contributed by atoms with Crippen LogP contribution < -0.4 is 10.5 Å². The van der Waals surface area contributed by atoms with Crippen molar-refractivity contribution in [2.24, 2.45) is 11.1 Å². The molecule has 0 spiro atoms. The number of nitrogens with zero attached hydrogens (tertiary/aromatic N) is 1. The van der Waals surface area contributed by atoms with E-state index in [1.807, 2.05) is 30.0 Å². The smallest absolute Gasteiger partial charge is 0.263 e. The van der Waals surface area contributed by atoms with E-state index in [4.69, 9.17) is 10.5 Å². The van der Waals surface area contributed by atoms with Crippen LogP contribution in [0.25, 0.3) is 0 Å². The predicted octanol–water partition coefficient (Wildman–Crippen LogP) is 3.20. The van der Waals surface area contributed by atoms with E-state index in [1.54, 1.807) is 0 Å². The number of ether oxygens (including phenoxy) is 1. The summed E-state index contributed by atoms with van der Waals surface area (Å²) < 4.78 is 5.86. The lowest BCUT2D eigenvalue weighted by atomic mass is 9.90. The van der Waals surface area contributed by atoms with Gasteiger partial charge in [0.2, 0.25) is 0 Å². The zero-order valence-electron chi connectivity index (χ0n) is 14.5. The van der Waals surface area contributed by atoms with E-state index in [0.717, 1.165) is 25.3 Å². The normalized spacial score (nSPS) is 21.9. The fourth-order valence-electron chi connectivity index (χ4n) is 2.84. The van der Waals surface area contributed by atoms with E-state index in [-0.39, 0.29) is 23.7 Å². The van der Waals surface area contributed by atoms with Gasteiger partial charge in [0.15, 0.2) is 6.10 Å². The Morgan fingerprint density at radius 1 is 1.39 bits per heavy atom. The Morgan fingerprint density at radius 3 is 2.65 bits per heavy atom. The molecule has 23 heavy (non-hydrogen) atoms. The summed E-state index contributed by atoms with van der Waals surface area (Å²) in [6.45, 7) is 10.4. The van der Waals surface area contributed by atoms with Gasteiger partial charge in [-0.05, 0) is 48.9 Å². The molecule has 0 aliphatic carbocycles. The zero-order chi connectivity index (χ0) is 16.3. The van der Waals surface area contributed by atoms with E-state index >= 15 is 0 Å². The van der Waals surface area contributed by atoms with Crippen LogP contribution in [0.3, 0.4) is 0 Å². The highest BCUT2D eigenvalue weighted by molar-refractivity contribution is 5.85. The molecule has 0 saturated carbocycles. The second-order valence-corrected chi connectivity index (χ2v) is 7.01. The Morgan fingerprint density at radius 2 is 2.09 bits per heavy atom. The fourth-order valence-corrected chi connectivity index (χ4v) is 2.84. The minimum absolute atomic E-state index is 0. The fraction of sp³-hybridized carbons (Fsp3) is 0.611. The van der Waals surface area contributed by atoms with E-state index in [9.17, 15) is 4.79 Å². The predicted molar refractivity (Wildman–Crippen MR) is 96.2 cm³/mol. The number of hydrogen-bond donors (Lipinski definition) is 1. The number of amides is 1. The molecular weight excluding hydrogens is 312 g/mol. The Kier molecular flexibility index (Phi) is 6.90. The first-order chi connectivity index (χ1) is 10.3. The van der Waals surface area contributed by atoms with Crippen molar-refractivity contribution in [3.8, 4) is 5.75 Å². The molecule has 1 heterocycles. The second-order valence-electron chi connectivity index (χ2n) is 7.01. The molecule has 0 aromatic heterocycles. The van der Waals surface area contributed by atoms with Crippen LogP contribution in [0.2, 0.25) is 0 Å². The maximum Gasteiger partial charge on any atom is 0.263 e. The van der Waals surface area contributed by atoms with Crippen LogP contribution in [0, 0.1) is 5.41 Å². The molecule has 0 bridgehead atoms. The summed E-state index contributed by atoms with van der Waals surface area (Å²) in [7, 11) is 0. The van der Waals surface area contributed by atoms with Crippen molar-refractivity contribution in [1.82, 2.24) is 4.90 Å². The molecule has 1 amide bonds. The van der Waals surface area contributed by atoms with Gasteiger partial charge in [-0.25, -0.2) is 0 Å². The minimum Gasteiger partial charge on any atom is -0.481 e. The molecule has 2 rings (SSSR count). The van der Waals surface area contributed by atoms with Crippen LogP contribution in [0.5, 0.6) is 5.75 Å². The molecule has 2 atom stereocenters. The third-order valence-electron chi connectivity index (χ3n) is 4.55. The van der Waals surface area contributed by atoms with Gasteiger partial charge in [-0.3, -0.25) is 4.79 Å². The van der Waals surface area contributed by atoms with E-state index in [1.165, 1.54) is 5.56 Å². The van der Waals surface area contributed by atoms with Gasteiger partial charge >= 0.3 is 0 Å². The Hall–Kier alpha value is -1.26. The third-order valence-corrected chi connectivity index (χ3v) is 4.55. The lowest BCUT2D eigenvalue weighted by molar-refractivity contribution is -0.137. The largest absolute Gasteiger partial charge is 0.481 e. The number of halogens is 1. The molecule has 1 aromatic carbocycles. The summed E-state index contributed by atoms with van der Waals surface area (Å²) in [5.41, 5.74) is 7.07. The van der Waals surface area contributed by atoms with E-state index < -0.39 is 6.10 Å². The molecule has 130 valence electrons. The first kappa shape index (κ1) is 19.8. The van der Waals surface area contributed by atoms with E-state index in [2.05, 4.69) is 26.8 Å². The highest BCUT2D eigenvalue weighted by Gasteiger charge is 2.36. The zero-order valence-corrected chi connectivity index (χ0v) is 15.4. The van der Waals surface area contributed by atoms with Crippen molar-refractivity contribution in [2.75, 3.05) is 19.6 Å². The summed E-state index contributed by atoms with van der Waals surface area (Å²) in [4.78, 5) is 14.4. The number of rotatable bonds is 5. The summed E-state index contributed by atoms with van der Waals surface area (Å²) in [6.07, 6.45) is 0.493. The second kappa shape index (κ2) is 8.02. The monoisotopic (exact) mass is 340 g/mol. The van der Waals surface area contributed by atoms with Crippen molar-refractivity contribution in [3.63, 3.8) is 0 Å². The summed E-state index contributed by atoms with van der Waals surface area (Å²) in [5, 5.41) is 0. The van der Waals surface area contributed by atoms with Gasteiger partial charge in [0, 0.05) is 13.1 Å². The third kappa shape index (κ3) is 4.85. The quantitative estimate of drug-likeness (QED) is 0.895. The van der Waals surface area contributed by atoms with Crippen molar-refractivity contribution >= 4 is 18.3 Å². The first-order valence-electron chi connectivity index (χ1n) is 8.10. The van der Waals surface area contributed by atoms with Gasteiger partial charge in [-0.1, -0.05) is 32.9 Å². The SMILES string of the molecule is CC(Oc1cccc(C(C)C)c1)C(=O)N1CCC(C)(CN)C1.Cl. The van der Waals surface area contributed by atoms with Crippen LogP contribution in [0.15, 0.2) is 24.3 Å². The average Bonchev–Trinajstić information content (AvgIpc) is 2.90. The standard InChI is InChI=1S/C18H28N2O2.ClH/c1-13(2)15-6-5-7-16(10-15)22-14(3)17(21)20-9-8-18(4,11-19)12-20;/h5-7,10,13-14H,8-9,11-12,19H2,1-4H3;1H. The lowest BCUT2D eigenvalue weighted by Crippen LogP contribution is -2.41. The number of benzene rings is 1. The van der Waals surface area contributed by atoms with Crippen LogP contribution in [0.4, 0.5) is 0 Å². The Bertz CT molecular complexity index is 536. The van der Waals surface area contributed by atoms with E-state index in [0.29, 0.717) is 12.5 Å². The molecule has 1 aliphatic heterocycles. The van der Waals surface area contributed by atoms with Gasteiger partial charge in [-0.2, -0.15) is 0 Å². The Labute approximate surface area is 145 Å². The number of nitrogens with two attached hydrogens (primary N) is 1. The minimum atomic E-state index is -0.470. The highest BCUT2D eigenvalue weighted by atomic mass is 35.5. The van der Waals surface area contributed by atoms with Crippen molar-refractivity contribution in [1.29, 1.82) is 0 Å². The average molecular weight is 341 g/mol. The molecule has 0 radical (unpaired) electrons. The first-order valence-corrected chi connectivity index (χ1v) is 8.10. The Balaban J connectivity index is 0.00000264. The molecule has 1 aliphatic rings. The molecule has 4 nitrogen and oxygen atoms in total. The number of carbonyl (C=O) groups is 1. The molecule has 5 heteroatoms. The number of likely N-dealkylation sites (tertiary alicyclic amines) is 1. The number of hydrogen-bond acceptors (Lipinski definition) is 3. The van der Waals surface area contributed by atoms with Crippen molar-refractivity contribution in [2.45, 2.75) is 46.1 Å². The molecule has 2 unspecified atom stereocenters.